The van der Waals surface area contributed by atoms with E-state index in [2.05, 4.69) is 4.98 Å². The number of carbonyl (C=O) groups is 2. The lowest BCUT2D eigenvalue weighted by molar-refractivity contribution is -0.134. The first kappa shape index (κ1) is 20.8. The topological polar surface area (TPSA) is 59.5 Å². The molecule has 0 aliphatic heterocycles. The van der Waals surface area contributed by atoms with E-state index in [1.54, 1.807) is 60.1 Å². The van der Waals surface area contributed by atoms with Crippen LogP contribution in [0.25, 0.3) is 6.08 Å². The number of benzene rings is 2. The number of esters is 1. The maximum Gasteiger partial charge on any atom is 0.311 e. The number of ether oxygens (including phenoxy) is 1. The first-order valence-corrected chi connectivity index (χ1v) is 10.3. The largest absolute Gasteiger partial charge is 0.426 e. The van der Waals surface area contributed by atoms with Crippen LogP contribution < -0.4 is 9.64 Å². The maximum atomic E-state index is 13.0. The second-order valence-electron chi connectivity index (χ2n) is 6.06. The molecular weight excluding hydrogens is 408 g/mol. The predicted molar refractivity (Wildman–Crippen MR) is 117 cm³/mol. The molecule has 0 fully saturated rings. The lowest BCUT2D eigenvalue weighted by Crippen LogP contribution is -2.23. The molecule has 1 heterocycles. The fourth-order valence-electron chi connectivity index (χ4n) is 2.57. The van der Waals surface area contributed by atoms with E-state index in [4.69, 9.17) is 16.3 Å². The Labute approximate surface area is 178 Å². The number of halogens is 1. The van der Waals surface area contributed by atoms with Crippen molar-refractivity contribution in [1.82, 2.24) is 4.98 Å². The molecule has 3 aromatic rings. The van der Waals surface area contributed by atoms with Crippen LogP contribution in [-0.4, -0.2) is 16.9 Å². The van der Waals surface area contributed by atoms with E-state index in [-0.39, 0.29) is 11.9 Å². The molecule has 1 aromatic heterocycles. The zero-order valence-electron chi connectivity index (χ0n) is 15.7. The molecule has 0 saturated heterocycles. The van der Waals surface area contributed by atoms with E-state index >= 15 is 0 Å². The molecule has 0 aliphatic rings. The summed E-state index contributed by atoms with van der Waals surface area (Å²) < 4.78 is 5.41. The number of para-hydroxylation sites is 1. The van der Waals surface area contributed by atoms with Crippen molar-refractivity contribution >= 4 is 51.7 Å². The van der Waals surface area contributed by atoms with Crippen LogP contribution in [0.1, 0.15) is 25.3 Å². The first-order chi connectivity index (χ1) is 14.1. The van der Waals surface area contributed by atoms with E-state index in [1.165, 1.54) is 22.3 Å². The highest BCUT2D eigenvalue weighted by Gasteiger charge is 2.18. The molecule has 0 spiro atoms. The lowest BCUT2D eigenvalue weighted by Gasteiger charge is -2.18. The molecule has 2 aromatic carbocycles. The molecule has 29 heavy (non-hydrogen) atoms. The van der Waals surface area contributed by atoms with Crippen molar-refractivity contribution in [3.05, 3.63) is 76.8 Å². The summed E-state index contributed by atoms with van der Waals surface area (Å²) in [7, 11) is 0. The second-order valence-corrected chi connectivity index (χ2v) is 7.37. The summed E-state index contributed by atoms with van der Waals surface area (Å²) in [5.41, 5.74) is 1.29. The second kappa shape index (κ2) is 10.0. The van der Waals surface area contributed by atoms with Crippen molar-refractivity contribution < 1.29 is 14.3 Å². The number of anilines is 2. The molecule has 5 nitrogen and oxygen atoms in total. The molecule has 0 bridgehead atoms. The number of aromatic nitrogens is 1. The van der Waals surface area contributed by atoms with Gasteiger partial charge < -0.3 is 4.74 Å². The molecule has 0 radical (unpaired) electrons. The number of amides is 1. The Morgan fingerprint density at radius 1 is 1.17 bits per heavy atom. The van der Waals surface area contributed by atoms with Gasteiger partial charge in [-0.15, -0.1) is 11.3 Å². The Bertz CT molecular complexity index is 1000. The van der Waals surface area contributed by atoms with E-state index in [9.17, 15) is 9.59 Å². The van der Waals surface area contributed by atoms with Crippen molar-refractivity contribution in [3.63, 3.8) is 0 Å². The summed E-state index contributed by atoms with van der Waals surface area (Å²) in [5.74, 6) is -0.162. The number of hydrogen-bond donors (Lipinski definition) is 0. The molecular formula is C22H19ClN2O3S. The quantitative estimate of drug-likeness (QED) is 0.269. The summed E-state index contributed by atoms with van der Waals surface area (Å²) in [6, 6.07) is 14.0. The van der Waals surface area contributed by atoms with Crippen LogP contribution in [0.5, 0.6) is 5.75 Å². The van der Waals surface area contributed by atoms with Crippen LogP contribution in [0, 0.1) is 0 Å². The first-order valence-electron chi connectivity index (χ1n) is 9.05. The van der Waals surface area contributed by atoms with Gasteiger partial charge in [-0.25, -0.2) is 4.98 Å². The molecule has 0 saturated carbocycles. The van der Waals surface area contributed by atoms with E-state index in [1.807, 2.05) is 13.0 Å². The van der Waals surface area contributed by atoms with Crippen molar-refractivity contribution in [1.29, 1.82) is 0 Å². The predicted octanol–water partition coefficient (Wildman–Crippen LogP) is 5.88. The highest BCUT2D eigenvalue weighted by molar-refractivity contribution is 7.13. The van der Waals surface area contributed by atoms with Crippen LogP contribution in [0.3, 0.4) is 0 Å². The molecule has 0 aliphatic carbocycles. The van der Waals surface area contributed by atoms with Gasteiger partial charge in [0.25, 0.3) is 5.91 Å². The van der Waals surface area contributed by atoms with Crippen LogP contribution in [0.15, 0.2) is 66.2 Å². The van der Waals surface area contributed by atoms with Gasteiger partial charge >= 0.3 is 5.97 Å². The van der Waals surface area contributed by atoms with Gasteiger partial charge in [-0.2, -0.15) is 0 Å². The zero-order chi connectivity index (χ0) is 20.6. The third-order valence-electron chi connectivity index (χ3n) is 3.92. The highest BCUT2D eigenvalue weighted by Crippen LogP contribution is 2.29. The SMILES string of the molecule is CCCC(=O)Oc1ccccc1C=CC(=O)N(c1ccc(Cl)cc1)c1nccs1. The normalized spacial score (nSPS) is 10.8. The van der Waals surface area contributed by atoms with Gasteiger partial charge in [0, 0.05) is 34.7 Å². The Kier molecular flexibility index (Phi) is 7.16. The van der Waals surface area contributed by atoms with Gasteiger partial charge in [0.1, 0.15) is 5.75 Å². The van der Waals surface area contributed by atoms with Crippen molar-refractivity contribution in [3.8, 4) is 5.75 Å². The smallest absolute Gasteiger partial charge is 0.311 e. The van der Waals surface area contributed by atoms with Crippen LogP contribution >= 0.6 is 22.9 Å². The van der Waals surface area contributed by atoms with Gasteiger partial charge in [0.15, 0.2) is 5.13 Å². The minimum atomic E-state index is -0.301. The fourth-order valence-corrected chi connectivity index (χ4v) is 3.36. The van der Waals surface area contributed by atoms with E-state index in [0.717, 1.165) is 0 Å². The van der Waals surface area contributed by atoms with Crippen molar-refractivity contribution in [2.45, 2.75) is 19.8 Å². The van der Waals surface area contributed by atoms with Gasteiger partial charge in [-0.3, -0.25) is 14.5 Å². The molecule has 0 atom stereocenters. The van der Waals surface area contributed by atoms with Crippen LogP contribution in [0.2, 0.25) is 5.02 Å². The lowest BCUT2D eigenvalue weighted by atomic mass is 10.2. The minimum Gasteiger partial charge on any atom is -0.426 e. The van der Waals surface area contributed by atoms with Crippen molar-refractivity contribution in [2.75, 3.05) is 4.90 Å². The Hall–Kier alpha value is -2.96. The summed E-state index contributed by atoms with van der Waals surface area (Å²) >= 11 is 7.33. The monoisotopic (exact) mass is 426 g/mol. The number of hydrogen-bond acceptors (Lipinski definition) is 5. The number of thiazole rings is 1. The van der Waals surface area contributed by atoms with Gasteiger partial charge in [0.2, 0.25) is 0 Å². The van der Waals surface area contributed by atoms with Crippen molar-refractivity contribution in [2.24, 2.45) is 0 Å². The van der Waals surface area contributed by atoms with E-state index in [0.29, 0.717) is 40.0 Å². The molecule has 0 N–H and O–H groups in total. The zero-order valence-corrected chi connectivity index (χ0v) is 17.3. The fraction of sp³-hybridized carbons (Fsp3) is 0.136. The third-order valence-corrected chi connectivity index (χ3v) is 4.93. The molecule has 3 rings (SSSR count). The van der Waals surface area contributed by atoms with Gasteiger partial charge in [0.05, 0.1) is 5.69 Å². The molecule has 7 heteroatoms. The standard InChI is InChI=1S/C22H19ClN2O3S/c1-2-5-21(27)28-19-7-4-3-6-16(19)8-13-20(26)25(22-24-14-15-29-22)18-11-9-17(23)10-12-18/h3-4,6-15H,2,5H2,1H3. The van der Waals surface area contributed by atoms with Gasteiger partial charge in [-0.05, 0) is 42.8 Å². The number of nitrogens with zero attached hydrogens (tertiary/aromatic N) is 2. The minimum absolute atomic E-state index is 0.281. The van der Waals surface area contributed by atoms with Crippen LogP contribution in [-0.2, 0) is 9.59 Å². The Morgan fingerprint density at radius 3 is 2.62 bits per heavy atom. The summed E-state index contributed by atoms with van der Waals surface area (Å²) in [4.78, 5) is 30.6. The Balaban J connectivity index is 1.86. The van der Waals surface area contributed by atoms with Crippen LogP contribution in [0.4, 0.5) is 10.8 Å². The number of carbonyl (C=O) groups excluding carboxylic acids is 2. The molecule has 0 unspecified atom stereocenters. The third kappa shape index (κ3) is 5.53. The average Bonchev–Trinajstić information content (AvgIpc) is 3.23. The summed E-state index contributed by atoms with van der Waals surface area (Å²) in [6.07, 6.45) is 5.75. The summed E-state index contributed by atoms with van der Waals surface area (Å²) in [5, 5.41) is 2.93. The average molecular weight is 427 g/mol. The Morgan fingerprint density at radius 2 is 1.93 bits per heavy atom. The molecule has 148 valence electrons. The number of rotatable bonds is 7. The summed E-state index contributed by atoms with van der Waals surface area (Å²) in [6.45, 7) is 1.91. The van der Waals surface area contributed by atoms with E-state index < -0.39 is 0 Å². The molecule has 1 amide bonds. The highest BCUT2D eigenvalue weighted by atomic mass is 35.5. The van der Waals surface area contributed by atoms with Gasteiger partial charge in [-0.1, -0.05) is 36.7 Å². The maximum absolute atomic E-state index is 13.0.